The number of cyclic esters (lactones) is 4. The van der Waals surface area contributed by atoms with Gasteiger partial charge in [-0.15, -0.1) is 0 Å². The molecule has 204 valence electrons. The van der Waals surface area contributed by atoms with E-state index in [4.69, 9.17) is 9.47 Å². The van der Waals surface area contributed by atoms with E-state index in [9.17, 15) is 19.2 Å². The molecule has 0 N–H and O–H groups in total. The predicted molar refractivity (Wildman–Crippen MR) is 139 cm³/mol. The molecule has 2 aliphatic carbocycles. The summed E-state index contributed by atoms with van der Waals surface area (Å²) in [5, 5.41) is 0. The first-order valence-corrected chi connectivity index (χ1v) is 13.8. The Morgan fingerprint density at radius 1 is 0.564 bits per heavy atom. The predicted octanol–water partition coefficient (Wildman–Crippen LogP) is 5.91. The van der Waals surface area contributed by atoms with E-state index in [0.717, 1.165) is 51.4 Å². The number of hydrogen-bond acceptors (Lipinski definition) is 8. The third-order valence-electron chi connectivity index (χ3n) is 9.29. The lowest BCUT2D eigenvalue weighted by Crippen LogP contribution is -2.39. The maximum atomic E-state index is 11.9. The van der Waals surface area contributed by atoms with Gasteiger partial charge < -0.3 is 18.9 Å². The molecular weight excluding hydrogens is 500 g/mol. The molecule has 0 aromatic heterocycles. The van der Waals surface area contributed by atoms with Gasteiger partial charge in [-0.25, -0.2) is 19.2 Å². The van der Waals surface area contributed by atoms with Gasteiger partial charge in [0.25, 0.3) is 0 Å². The van der Waals surface area contributed by atoms with E-state index in [1.165, 1.54) is 0 Å². The normalized spacial score (nSPS) is 26.5. The summed E-state index contributed by atoms with van der Waals surface area (Å²) in [5.41, 5.74) is 1.35. The fraction of sp³-hybridized carbons (Fsp3) is 0.484. The number of carbonyl (C=O) groups is 4. The summed E-state index contributed by atoms with van der Waals surface area (Å²) >= 11 is 0. The molecule has 2 aromatic rings. The van der Waals surface area contributed by atoms with Crippen LogP contribution in [-0.2, 0) is 9.47 Å². The summed E-state index contributed by atoms with van der Waals surface area (Å²) < 4.78 is 21.7. The number of esters is 4. The summed E-state index contributed by atoms with van der Waals surface area (Å²) in [6, 6.07) is 9.92. The van der Waals surface area contributed by atoms with Crippen molar-refractivity contribution >= 4 is 23.9 Å². The topological polar surface area (TPSA) is 105 Å². The van der Waals surface area contributed by atoms with Crippen molar-refractivity contribution in [3.05, 3.63) is 58.7 Å². The zero-order chi connectivity index (χ0) is 27.3. The van der Waals surface area contributed by atoms with Crippen molar-refractivity contribution < 1.29 is 38.1 Å². The van der Waals surface area contributed by atoms with Crippen molar-refractivity contribution in [2.75, 3.05) is 0 Å². The second-order valence-corrected chi connectivity index (χ2v) is 11.8. The molecule has 2 saturated carbocycles. The summed E-state index contributed by atoms with van der Waals surface area (Å²) in [4.78, 5) is 47.1. The number of carbonyl (C=O) groups excluding carboxylic acids is 4. The maximum absolute atomic E-state index is 11.9. The van der Waals surface area contributed by atoms with E-state index < -0.39 is 23.9 Å². The molecule has 0 spiro atoms. The van der Waals surface area contributed by atoms with Crippen LogP contribution in [0.1, 0.15) is 107 Å². The number of ether oxygens (including phenoxy) is 4. The maximum Gasteiger partial charge on any atom is 0.347 e. The molecule has 8 heteroatoms. The fourth-order valence-electron chi connectivity index (χ4n) is 6.84. The van der Waals surface area contributed by atoms with Crippen LogP contribution >= 0.6 is 0 Å². The molecule has 0 atom stereocenters. The smallest absolute Gasteiger partial charge is 0.347 e. The van der Waals surface area contributed by atoms with Crippen molar-refractivity contribution in [2.24, 2.45) is 17.3 Å². The molecule has 2 aromatic carbocycles. The van der Waals surface area contributed by atoms with Crippen LogP contribution in [0.25, 0.3) is 0 Å². The van der Waals surface area contributed by atoms with E-state index in [1.807, 2.05) is 0 Å². The van der Waals surface area contributed by atoms with Gasteiger partial charge in [-0.05, 0) is 105 Å². The van der Waals surface area contributed by atoms with Crippen molar-refractivity contribution in [3.63, 3.8) is 0 Å². The molecule has 2 fully saturated rings. The standard InChI is InChI=1S/C31H32O8/c1-31(2,17-3-7-19(8-4-17)36-21-11-13-23-25(15-21)29(34)38-27(23)32)18-5-9-20(10-6-18)37-22-12-14-24-26(16-22)30(35)39-28(24)33/h11-20H,3-10H2,1-2H3. The van der Waals surface area contributed by atoms with Crippen LogP contribution in [0.5, 0.6) is 11.5 Å². The number of hydrogen-bond donors (Lipinski definition) is 0. The number of benzene rings is 2. The molecule has 8 nitrogen and oxygen atoms in total. The first-order chi connectivity index (χ1) is 18.7. The van der Waals surface area contributed by atoms with Crippen LogP contribution in [0, 0.1) is 17.3 Å². The lowest BCUT2D eigenvalue weighted by atomic mass is 9.60. The van der Waals surface area contributed by atoms with Gasteiger partial charge in [-0.2, -0.15) is 0 Å². The van der Waals surface area contributed by atoms with E-state index in [0.29, 0.717) is 34.5 Å². The van der Waals surface area contributed by atoms with Gasteiger partial charge in [0.05, 0.1) is 34.5 Å². The molecule has 2 aliphatic heterocycles. The Kier molecular flexibility index (Phi) is 6.44. The van der Waals surface area contributed by atoms with Crippen molar-refractivity contribution in [2.45, 2.75) is 77.4 Å². The molecule has 0 bridgehead atoms. The average molecular weight is 533 g/mol. The van der Waals surface area contributed by atoms with Gasteiger partial charge in [0.1, 0.15) is 11.5 Å². The third kappa shape index (κ3) is 4.81. The number of rotatable bonds is 6. The van der Waals surface area contributed by atoms with Gasteiger partial charge in [0.2, 0.25) is 0 Å². The van der Waals surface area contributed by atoms with Gasteiger partial charge in [-0.3, -0.25) is 0 Å². The lowest BCUT2D eigenvalue weighted by Gasteiger charge is -2.46. The minimum atomic E-state index is -0.612. The molecule has 39 heavy (non-hydrogen) atoms. The Morgan fingerprint density at radius 2 is 0.923 bits per heavy atom. The lowest BCUT2D eigenvalue weighted by molar-refractivity contribution is 0.0111. The molecule has 4 aliphatic rings. The highest BCUT2D eigenvalue weighted by atomic mass is 16.6. The SMILES string of the molecule is CC(C)(C1CCC(Oc2ccc3c(c2)C(=O)OC3=O)CC1)C1CCC(Oc2ccc3c(c2)C(=O)OC3=O)CC1. The van der Waals surface area contributed by atoms with Gasteiger partial charge in [0, 0.05) is 0 Å². The van der Waals surface area contributed by atoms with Crippen LogP contribution in [-0.4, -0.2) is 36.1 Å². The largest absolute Gasteiger partial charge is 0.490 e. The molecule has 0 amide bonds. The summed E-state index contributed by atoms with van der Waals surface area (Å²) in [6.45, 7) is 4.80. The van der Waals surface area contributed by atoms with E-state index in [2.05, 4.69) is 23.3 Å². The first kappa shape index (κ1) is 25.6. The van der Waals surface area contributed by atoms with Crippen LogP contribution in [0.2, 0.25) is 0 Å². The summed E-state index contributed by atoms with van der Waals surface area (Å²) in [7, 11) is 0. The minimum Gasteiger partial charge on any atom is -0.490 e. The second kappa shape index (κ2) is 9.81. The Bertz CT molecular complexity index is 1240. The molecule has 2 heterocycles. The zero-order valence-corrected chi connectivity index (χ0v) is 22.2. The first-order valence-electron chi connectivity index (χ1n) is 13.8. The fourth-order valence-corrected chi connectivity index (χ4v) is 6.84. The van der Waals surface area contributed by atoms with Gasteiger partial charge in [0.15, 0.2) is 0 Å². The Labute approximate surface area is 226 Å². The highest BCUT2D eigenvalue weighted by Gasteiger charge is 2.41. The van der Waals surface area contributed by atoms with Crippen LogP contribution < -0.4 is 9.47 Å². The summed E-state index contributed by atoms with van der Waals surface area (Å²) in [6.07, 6.45) is 8.35. The second-order valence-electron chi connectivity index (χ2n) is 11.8. The Balaban J connectivity index is 0.998. The molecule has 0 unspecified atom stereocenters. The monoisotopic (exact) mass is 532 g/mol. The molecular formula is C31H32O8. The third-order valence-corrected chi connectivity index (χ3v) is 9.29. The Hall–Kier alpha value is -3.68. The van der Waals surface area contributed by atoms with E-state index in [-0.39, 0.29) is 28.7 Å². The molecule has 6 rings (SSSR count). The van der Waals surface area contributed by atoms with E-state index in [1.54, 1.807) is 36.4 Å². The molecule has 0 saturated heterocycles. The number of fused-ring (bicyclic) bond motifs is 2. The van der Waals surface area contributed by atoms with Gasteiger partial charge >= 0.3 is 23.9 Å². The Morgan fingerprint density at radius 3 is 1.31 bits per heavy atom. The zero-order valence-electron chi connectivity index (χ0n) is 22.2. The van der Waals surface area contributed by atoms with Crippen molar-refractivity contribution in [1.29, 1.82) is 0 Å². The average Bonchev–Trinajstić information content (AvgIpc) is 3.37. The minimum absolute atomic E-state index is 0.0901. The highest BCUT2D eigenvalue weighted by molar-refractivity contribution is 6.15. The van der Waals surface area contributed by atoms with Crippen LogP contribution in [0.15, 0.2) is 36.4 Å². The van der Waals surface area contributed by atoms with Gasteiger partial charge in [-0.1, -0.05) is 13.8 Å². The van der Waals surface area contributed by atoms with E-state index >= 15 is 0 Å². The van der Waals surface area contributed by atoms with Crippen molar-refractivity contribution in [3.8, 4) is 11.5 Å². The quantitative estimate of drug-likeness (QED) is 0.334. The van der Waals surface area contributed by atoms with Crippen molar-refractivity contribution in [1.82, 2.24) is 0 Å². The summed E-state index contributed by atoms with van der Waals surface area (Å²) in [5.74, 6) is -0.00392. The molecule has 0 radical (unpaired) electrons. The van der Waals surface area contributed by atoms with Crippen LogP contribution in [0.4, 0.5) is 0 Å². The highest BCUT2D eigenvalue weighted by Crippen LogP contribution is 2.49. The van der Waals surface area contributed by atoms with Crippen LogP contribution in [0.3, 0.4) is 0 Å².